The number of nitrogens with two attached hydrogens (primary N) is 1. The Balaban J connectivity index is 2.30. The molecule has 1 saturated heterocycles. The van der Waals surface area contributed by atoms with Crippen LogP contribution in [0.2, 0.25) is 0 Å². The van der Waals surface area contributed by atoms with Gasteiger partial charge in [-0.15, -0.1) is 0 Å². The number of hydrogen-bond donors (Lipinski definition) is 2. The van der Waals surface area contributed by atoms with E-state index < -0.39 is 20.0 Å². The Labute approximate surface area is 131 Å². The van der Waals surface area contributed by atoms with Gasteiger partial charge in [0.25, 0.3) is 0 Å². The molecule has 0 amide bonds. The lowest BCUT2D eigenvalue weighted by molar-refractivity contribution is 0.263. The smallest absolute Gasteiger partial charge is 0.243 e. The van der Waals surface area contributed by atoms with Crippen LogP contribution in [0.15, 0.2) is 34.1 Å². The fourth-order valence-electron chi connectivity index (χ4n) is 2.66. The summed E-state index contributed by atoms with van der Waals surface area (Å²) in [6.07, 6.45) is 1.77. The lowest BCUT2D eigenvalue weighted by Gasteiger charge is -2.31. The highest BCUT2D eigenvalue weighted by atomic mass is 32.2. The second-order valence-electron chi connectivity index (χ2n) is 5.45. The average Bonchev–Trinajstić information content (AvgIpc) is 2.47. The van der Waals surface area contributed by atoms with E-state index in [-0.39, 0.29) is 15.7 Å². The number of nitrogens with zero attached hydrogens (tertiary/aromatic N) is 1. The first-order valence-electron chi connectivity index (χ1n) is 7.03. The Hall–Kier alpha value is -1.00. The predicted octanol–water partition coefficient (Wildman–Crippen LogP) is -0.0459. The van der Waals surface area contributed by atoms with E-state index in [0.29, 0.717) is 13.1 Å². The molecule has 0 aromatic heterocycles. The quantitative estimate of drug-likeness (QED) is 0.776. The van der Waals surface area contributed by atoms with Crippen molar-refractivity contribution in [2.75, 3.05) is 26.7 Å². The molecule has 0 spiro atoms. The number of rotatable bonds is 5. The zero-order valence-corrected chi connectivity index (χ0v) is 14.0. The van der Waals surface area contributed by atoms with Gasteiger partial charge in [0.2, 0.25) is 20.0 Å². The molecule has 0 saturated carbocycles. The number of hydrogen-bond acceptors (Lipinski definition) is 5. The molecule has 1 aromatic carbocycles. The van der Waals surface area contributed by atoms with Crippen LogP contribution in [0.4, 0.5) is 0 Å². The predicted molar refractivity (Wildman–Crippen MR) is 83.2 cm³/mol. The van der Waals surface area contributed by atoms with Gasteiger partial charge in [-0.1, -0.05) is 6.07 Å². The summed E-state index contributed by atoms with van der Waals surface area (Å²) in [6.45, 7) is 1.63. The Morgan fingerprint density at radius 3 is 2.59 bits per heavy atom. The molecule has 1 aliphatic rings. The van der Waals surface area contributed by atoms with Crippen LogP contribution in [-0.2, 0) is 20.0 Å². The van der Waals surface area contributed by atoms with Crippen molar-refractivity contribution in [3.05, 3.63) is 24.3 Å². The number of primary sulfonamides is 1. The molecule has 124 valence electrons. The van der Waals surface area contributed by atoms with Gasteiger partial charge >= 0.3 is 0 Å². The van der Waals surface area contributed by atoms with E-state index in [1.165, 1.54) is 22.5 Å². The van der Waals surface area contributed by atoms with Crippen molar-refractivity contribution in [3.63, 3.8) is 0 Å². The van der Waals surface area contributed by atoms with Crippen LogP contribution < -0.4 is 10.5 Å². The molecule has 0 bridgehead atoms. The molecule has 1 aromatic rings. The maximum atomic E-state index is 12.7. The van der Waals surface area contributed by atoms with E-state index in [2.05, 4.69) is 5.32 Å². The van der Waals surface area contributed by atoms with E-state index in [9.17, 15) is 16.8 Å². The molecule has 3 N–H and O–H groups in total. The molecular formula is C13H21N3O4S2. The molecule has 1 atom stereocenters. The number of piperidine rings is 1. The van der Waals surface area contributed by atoms with Crippen molar-refractivity contribution in [1.29, 1.82) is 0 Å². The molecule has 1 aliphatic heterocycles. The Morgan fingerprint density at radius 2 is 1.95 bits per heavy atom. The molecule has 1 fully saturated rings. The van der Waals surface area contributed by atoms with Crippen LogP contribution in [0.3, 0.4) is 0 Å². The fourth-order valence-corrected chi connectivity index (χ4v) is 4.90. The van der Waals surface area contributed by atoms with Gasteiger partial charge < -0.3 is 5.32 Å². The fraction of sp³-hybridized carbons (Fsp3) is 0.538. The number of nitrogens with one attached hydrogen (secondary N) is 1. The molecule has 1 unspecified atom stereocenters. The van der Waals surface area contributed by atoms with Crippen molar-refractivity contribution in [3.8, 4) is 0 Å². The largest absolute Gasteiger partial charge is 0.319 e. The van der Waals surface area contributed by atoms with Crippen LogP contribution in [0.1, 0.15) is 12.8 Å². The van der Waals surface area contributed by atoms with Gasteiger partial charge in [-0.2, -0.15) is 4.31 Å². The van der Waals surface area contributed by atoms with Crippen LogP contribution in [0.25, 0.3) is 0 Å². The Morgan fingerprint density at radius 1 is 1.27 bits per heavy atom. The Kier molecular flexibility index (Phi) is 5.23. The number of benzene rings is 1. The summed E-state index contributed by atoms with van der Waals surface area (Å²) in [5.74, 6) is 0.259. The van der Waals surface area contributed by atoms with Gasteiger partial charge in [-0.25, -0.2) is 22.0 Å². The zero-order valence-electron chi connectivity index (χ0n) is 12.4. The summed E-state index contributed by atoms with van der Waals surface area (Å²) >= 11 is 0. The number of sulfonamides is 2. The van der Waals surface area contributed by atoms with Crippen molar-refractivity contribution in [2.24, 2.45) is 11.1 Å². The van der Waals surface area contributed by atoms with Gasteiger partial charge in [0.15, 0.2) is 0 Å². The second kappa shape index (κ2) is 6.63. The van der Waals surface area contributed by atoms with Crippen molar-refractivity contribution < 1.29 is 16.8 Å². The second-order valence-corrected chi connectivity index (χ2v) is 8.95. The van der Waals surface area contributed by atoms with Crippen molar-refractivity contribution >= 4 is 20.0 Å². The summed E-state index contributed by atoms with van der Waals surface area (Å²) in [7, 11) is -5.80. The minimum absolute atomic E-state index is 0.0378. The third-order valence-electron chi connectivity index (χ3n) is 3.75. The maximum absolute atomic E-state index is 12.7. The maximum Gasteiger partial charge on any atom is 0.243 e. The first-order chi connectivity index (χ1) is 10.2. The minimum atomic E-state index is -3.93. The SMILES string of the molecule is CNCC1CCCN(S(=O)(=O)c2cccc(S(N)(=O)=O)c2)C1. The first-order valence-corrected chi connectivity index (χ1v) is 10.0. The molecule has 2 rings (SSSR count). The summed E-state index contributed by atoms with van der Waals surface area (Å²) in [5.41, 5.74) is 0. The van der Waals surface area contributed by atoms with Gasteiger partial charge in [0.05, 0.1) is 9.79 Å². The molecule has 0 radical (unpaired) electrons. The van der Waals surface area contributed by atoms with Crippen LogP contribution >= 0.6 is 0 Å². The summed E-state index contributed by atoms with van der Waals surface area (Å²) in [6, 6.07) is 5.19. The van der Waals surface area contributed by atoms with Crippen LogP contribution in [0, 0.1) is 5.92 Å². The van der Waals surface area contributed by atoms with E-state index in [4.69, 9.17) is 5.14 Å². The summed E-state index contributed by atoms with van der Waals surface area (Å²) < 4.78 is 49.6. The van der Waals surface area contributed by atoms with Gasteiger partial charge in [-0.3, -0.25) is 0 Å². The van der Waals surface area contributed by atoms with E-state index in [1.54, 1.807) is 0 Å². The van der Waals surface area contributed by atoms with Crippen molar-refractivity contribution in [1.82, 2.24) is 9.62 Å². The van der Waals surface area contributed by atoms with Crippen molar-refractivity contribution in [2.45, 2.75) is 22.6 Å². The highest BCUT2D eigenvalue weighted by Gasteiger charge is 2.30. The normalized spacial score (nSPS) is 20.9. The first kappa shape index (κ1) is 17.4. The molecule has 7 nitrogen and oxygen atoms in total. The molecular weight excluding hydrogens is 326 g/mol. The molecule has 9 heteroatoms. The summed E-state index contributed by atoms with van der Waals surface area (Å²) in [5, 5.41) is 8.13. The Bertz CT molecular complexity index is 729. The third-order valence-corrected chi connectivity index (χ3v) is 6.52. The topological polar surface area (TPSA) is 110 Å². The van der Waals surface area contributed by atoms with Crippen LogP contribution in [0.5, 0.6) is 0 Å². The average molecular weight is 347 g/mol. The standard InChI is InChI=1S/C13H21N3O4S2/c1-15-9-11-4-3-7-16(10-11)22(19,20)13-6-2-5-12(8-13)21(14,17)18/h2,5-6,8,11,15H,3-4,7,9-10H2,1H3,(H2,14,17,18). The molecule has 22 heavy (non-hydrogen) atoms. The lowest BCUT2D eigenvalue weighted by atomic mass is 10.00. The van der Waals surface area contributed by atoms with E-state index >= 15 is 0 Å². The summed E-state index contributed by atoms with van der Waals surface area (Å²) in [4.78, 5) is -0.235. The van der Waals surface area contributed by atoms with E-state index in [1.807, 2.05) is 7.05 Å². The minimum Gasteiger partial charge on any atom is -0.319 e. The van der Waals surface area contributed by atoms with Gasteiger partial charge in [-0.05, 0) is 50.6 Å². The van der Waals surface area contributed by atoms with Gasteiger partial charge in [0.1, 0.15) is 0 Å². The molecule has 1 heterocycles. The van der Waals surface area contributed by atoms with Gasteiger partial charge in [0, 0.05) is 13.1 Å². The zero-order chi connectivity index (χ0) is 16.4. The molecule has 0 aliphatic carbocycles. The van der Waals surface area contributed by atoms with E-state index in [0.717, 1.165) is 25.5 Å². The highest BCUT2D eigenvalue weighted by Crippen LogP contribution is 2.24. The highest BCUT2D eigenvalue weighted by molar-refractivity contribution is 7.90. The monoisotopic (exact) mass is 347 g/mol. The lowest BCUT2D eigenvalue weighted by Crippen LogP contribution is -2.42. The van der Waals surface area contributed by atoms with Crippen LogP contribution in [-0.4, -0.2) is 47.8 Å². The third kappa shape index (κ3) is 3.85.